The predicted octanol–water partition coefficient (Wildman–Crippen LogP) is 1.50. The minimum absolute atomic E-state index is 0.116. The number of benzene rings is 1. The molecule has 4 fully saturated rings. The molecule has 0 unspecified atom stereocenters. The number of hydrogen-bond donors (Lipinski definition) is 3. The zero-order valence-corrected chi connectivity index (χ0v) is 17.6. The Kier molecular flexibility index (Phi) is 5.67. The fourth-order valence-electron chi connectivity index (χ4n) is 6.20. The van der Waals surface area contributed by atoms with E-state index in [2.05, 4.69) is 29.4 Å². The lowest BCUT2D eigenvalue weighted by Crippen LogP contribution is -2.76. The first-order chi connectivity index (χ1) is 13.9. The first-order valence-corrected chi connectivity index (χ1v) is 11.0. The Morgan fingerprint density at radius 1 is 1.31 bits per heavy atom. The maximum atomic E-state index is 13.6. The molecule has 1 aromatic rings. The van der Waals surface area contributed by atoms with Crippen molar-refractivity contribution in [3.05, 3.63) is 35.9 Å². The molecule has 3 aliphatic heterocycles. The average Bonchev–Trinajstić information content (AvgIpc) is 2.94. The number of nitrogens with zero attached hydrogens (tertiary/aromatic N) is 1. The number of rotatable bonds is 8. The Hall–Kier alpha value is -1.92. The van der Waals surface area contributed by atoms with Crippen molar-refractivity contribution in [2.45, 2.75) is 51.2 Å². The molecule has 6 heteroatoms. The van der Waals surface area contributed by atoms with Crippen LogP contribution in [0.4, 0.5) is 0 Å². The number of nitrogens with two attached hydrogens (primary N) is 1. The molecule has 29 heavy (non-hydrogen) atoms. The van der Waals surface area contributed by atoms with Crippen LogP contribution in [0.25, 0.3) is 0 Å². The summed E-state index contributed by atoms with van der Waals surface area (Å²) in [5, 5.41) is 6.91. The van der Waals surface area contributed by atoms with Crippen molar-refractivity contribution < 1.29 is 9.59 Å². The number of likely N-dealkylation sites (tertiary alicyclic amines) is 1. The molecule has 0 radical (unpaired) electrons. The molecule has 0 spiro atoms. The van der Waals surface area contributed by atoms with Gasteiger partial charge in [0.25, 0.3) is 0 Å². The number of amides is 2. The lowest BCUT2D eigenvalue weighted by atomic mass is 9.58. The molecule has 4 bridgehead atoms. The van der Waals surface area contributed by atoms with Crippen LogP contribution in [0.15, 0.2) is 30.3 Å². The molecular formula is C23H34N4O2. The van der Waals surface area contributed by atoms with Crippen LogP contribution in [0.3, 0.4) is 0 Å². The minimum atomic E-state index is -0.555. The van der Waals surface area contributed by atoms with Gasteiger partial charge in [-0.1, -0.05) is 44.2 Å². The number of primary amides is 1. The monoisotopic (exact) mass is 398 g/mol. The summed E-state index contributed by atoms with van der Waals surface area (Å²) in [6.45, 7) is 7.80. The van der Waals surface area contributed by atoms with Crippen molar-refractivity contribution in [3.8, 4) is 0 Å². The fraction of sp³-hybridized carbons (Fsp3) is 0.652. The fourth-order valence-corrected chi connectivity index (χ4v) is 6.20. The zero-order chi connectivity index (χ0) is 20.6. The van der Waals surface area contributed by atoms with E-state index in [-0.39, 0.29) is 17.9 Å². The van der Waals surface area contributed by atoms with Gasteiger partial charge in [0, 0.05) is 38.0 Å². The topological polar surface area (TPSA) is 87.5 Å². The molecule has 3 saturated heterocycles. The van der Waals surface area contributed by atoms with Crippen molar-refractivity contribution in [3.63, 3.8) is 0 Å². The molecule has 6 nitrogen and oxygen atoms in total. The third-order valence-corrected chi connectivity index (χ3v) is 7.21. The van der Waals surface area contributed by atoms with E-state index in [1.54, 1.807) is 0 Å². The van der Waals surface area contributed by atoms with Crippen LogP contribution < -0.4 is 16.4 Å². The largest absolute Gasteiger partial charge is 0.370 e. The summed E-state index contributed by atoms with van der Waals surface area (Å²) in [4.78, 5) is 27.7. The van der Waals surface area contributed by atoms with Crippen LogP contribution >= 0.6 is 0 Å². The number of piperidine rings is 2. The van der Waals surface area contributed by atoms with Gasteiger partial charge in [-0.2, -0.15) is 0 Å². The smallest absolute Gasteiger partial charge is 0.242 e. The number of carbonyl (C=O) groups excluding carboxylic acids is 2. The van der Waals surface area contributed by atoms with E-state index >= 15 is 0 Å². The summed E-state index contributed by atoms with van der Waals surface area (Å²) >= 11 is 0. The van der Waals surface area contributed by atoms with Crippen molar-refractivity contribution in [2.75, 3.05) is 19.6 Å². The van der Waals surface area contributed by atoms with Gasteiger partial charge in [0.15, 0.2) is 0 Å². The molecule has 3 heterocycles. The molecule has 4 aliphatic rings. The molecule has 2 amide bonds. The van der Waals surface area contributed by atoms with Gasteiger partial charge in [-0.05, 0) is 42.7 Å². The van der Waals surface area contributed by atoms with E-state index in [0.29, 0.717) is 36.6 Å². The molecule has 5 rings (SSSR count). The van der Waals surface area contributed by atoms with Gasteiger partial charge in [-0.3, -0.25) is 14.5 Å². The van der Waals surface area contributed by atoms with Crippen molar-refractivity contribution in [2.24, 2.45) is 29.4 Å². The van der Waals surface area contributed by atoms with E-state index in [1.807, 2.05) is 30.3 Å². The molecule has 1 aliphatic carbocycles. The summed E-state index contributed by atoms with van der Waals surface area (Å²) in [7, 11) is 0. The standard InChI is InChI=1S/C23H34N4O2/c1-15(2)13-27-14-18-10-17-12-26-23(18,21(27)19(17)8-9-20(24)28)22(29)25-11-16-6-4-3-5-7-16/h3-7,15,17-19,21,26H,8-14H2,1-2H3,(H2,24,28)(H,25,29)/t17-,18-,19+,21+,23-/m0/s1. The normalized spacial score (nSPS) is 33.2. The first-order valence-electron chi connectivity index (χ1n) is 11.0. The summed E-state index contributed by atoms with van der Waals surface area (Å²) in [6, 6.07) is 10.2. The predicted molar refractivity (Wildman–Crippen MR) is 113 cm³/mol. The van der Waals surface area contributed by atoms with Crippen LogP contribution in [-0.2, 0) is 16.1 Å². The highest BCUT2D eigenvalue weighted by Gasteiger charge is 2.67. The molecule has 158 valence electrons. The molecule has 4 N–H and O–H groups in total. The molecule has 5 atom stereocenters. The van der Waals surface area contributed by atoms with Gasteiger partial charge in [0.2, 0.25) is 11.8 Å². The third kappa shape index (κ3) is 3.68. The SMILES string of the molecule is CC(C)CN1C[C@@H]2C[C@H]3CN[C@]2(C(=O)NCc2ccccc2)[C@H]1[C@@H]3CCC(N)=O. The second kappa shape index (κ2) is 8.07. The van der Waals surface area contributed by atoms with E-state index < -0.39 is 5.54 Å². The second-order valence-corrected chi connectivity index (χ2v) is 9.57. The van der Waals surface area contributed by atoms with Crippen LogP contribution in [0.1, 0.15) is 38.7 Å². The Morgan fingerprint density at radius 3 is 2.76 bits per heavy atom. The maximum absolute atomic E-state index is 13.6. The molecular weight excluding hydrogens is 364 g/mol. The zero-order valence-electron chi connectivity index (χ0n) is 17.6. The quantitative estimate of drug-likeness (QED) is 0.619. The molecule has 0 aromatic heterocycles. The van der Waals surface area contributed by atoms with Gasteiger partial charge in [-0.15, -0.1) is 0 Å². The van der Waals surface area contributed by atoms with Gasteiger partial charge in [-0.25, -0.2) is 0 Å². The third-order valence-electron chi connectivity index (χ3n) is 7.21. The lowest BCUT2D eigenvalue weighted by Gasteiger charge is -2.56. The summed E-state index contributed by atoms with van der Waals surface area (Å²) < 4.78 is 0. The number of fused-ring (bicyclic) bond motifs is 1. The lowest BCUT2D eigenvalue weighted by molar-refractivity contribution is -0.139. The molecule has 1 aromatic carbocycles. The molecule has 1 saturated carbocycles. The Bertz CT molecular complexity index is 753. The summed E-state index contributed by atoms with van der Waals surface area (Å²) in [6.07, 6.45) is 2.24. The van der Waals surface area contributed by atoms with Gasteiger partial charge < -0.3 is 16.4 Å². The van der Waals surface area contributed by atoms with Gasteiger partial charge in [0.05, 0.1) is 0 Å². The highest BCUT2D eigenvalue weighted by atomic mass is 16.2. The van der Waals surface area contributed by atoms with Crippen LogP contribution in [0.2, 0.25) is 0 Å². The number of carbonyl (C=O) groups is 2. The number of hydrogen-bond acceptors (Lipinski definition) is 4. The van der Waals surface area contributed by atoms with Crippen LogP contribution in [0.5, 0.6) is 0 Å². The Balaban J connectivity index is 1.59. The maximum Gasteiger partial charge on any atom is 0.242 e. The van der Waals surface area contributed by atoms with E-state index in [9.17, 15) is 9.59 Å². The highest BCUT2D eigenvalue weighted by molar-refractivity contribution is 5.89. The van der Waals surface area contributed by atoms with Crippen molar-refractivity contribution in [1.29, 1.82) is 0 Å². The first kappa shape index (κ1) is 20.4. The Morgan fingerprint density at radius 2 is 2.07 bits per heavy atom. The van der Waals surface area contributed by atoms with Crippen LogP contribution in [0, 0.1) is 23.7 Å². The van der Waals surface area contributed by atoms with Crippen LogP contribution in [-0.4, -0.2) is 47.9 Å². The van der Waals surface area contributed by atoms with E-state index in [1.165, 1.54) is 0 Å². The van der Waals surface area contributed by atoms with E-state index in [0.717, 1.165) is 38.0 Å². The number of nitrogens with one attached hydrogen (secondary N) is 2. The van der Waals surface area contributed by atoms with Gasteiger partial charge >= 0.3 is 0 Å². The Labute approximate surface area is 173 Å². The van der Waals surface area contributed by atoms with E-state index in [4.69, 9.17) is 5.73 Å². The average molecular weight is 399 g/mol. The van der Waals surface area contributed by atoms with Crippen molar-refractivity contribution >= 4 is 11.8 Å². The highest BCUT2D eigenvalue weighted by Crippen LogP contribution is 2.53. The van der Waals surface area contributed by atoms with Gasteiger partial charge in [0.1, 0.15) is 5.54 Å². The van der Waals surface area contributed by atoms with Crippen molar-refractivity contribution in [1.82, 2.24) is 15.5 Å². The summed E-state index contributed by atoms with van der Waals surface area (Å²) in [5.41, 5.74) is 6.03. The second-order valence-electron chi connectivity index (χ2n) is 9.57. The summed E-state index contributed by atoms with van der Waals surface area (Å²) in [5.74, 6) is 1.59. The minimum Gasteiger partial charge on any atom is -0.370 e.